The van der Waals surface area contributed by atoms with Crippen LogP contribution in [0, 0.1) is 11.3 Å². The molecule has 0 fully saturated rings. The predicted molar refractivity (Wildman–Crippen MR) is 64.4 cm³/mol. The van der Waals surface area contributed by atoms with Crippen molar-refractivity contribution in [2.45, 2.75) is 39.2 Å². The lowest BCUT2D eigenvalue weighted by Gasteiger charge is -2.09. The summed E-state index contributed by atoms with van der Waals surface area (Å²) in [7, 11) is 1.78. The zero-order valence-corrected chi connectivity index (χ0v) is 10.5. The van der Waals surface area contributed by atoms with Crippen molar-refractivity contribution in [1.29, 1.82) is 5.26 Å². The highest BCUT2D eigenvalue weighted by Crippen LogP contribution is 2.08. The lowest BCUT2D eigenvalue weighted by Crippen LogP contribution is -2.33. The molecule has 0 spiro atoms. The van der Waals surface area contributed by atoms with Crippen LogP contribution in [0.5, 0.6) is 0 Å². The number of aryl methyl sites for hydroxylation is 2. The summed E-state index contributed by atoms with van der Waals surface area (Å²) >= 11 is 0. The Balaban J connectivity index is 2.79. The third-order valence-electron chi connectivity index (χ3n) is 2.52. The maximum atomic E-state index is 12.0. The lowest BCUT2D eigenvalue weighted by atomic mass is 10.1. The van der Waals surface area contributed by atoms with Gasteiger partial charge in [-0.1, -0.05) is 20.3 Å². The quantitative estimate of drug-likeness (QED) is 0.837. The highest BCUT2D eigenvalue weighted by Gasteiger charge is 2.17. The number of nitrogens with zero attached hydrogens (tertiary/aromatic N) is 3. The summed E-state index contributed by atoms with van der Waals surface area (Å²) < 4.78 is 1.62. The number of nitrogens with one attached hydrogen (secondary N) is 1. The predicted octanol–water partition coefficient (Wildman–Crippen LogP) is 1.40. The van der Waals surface area contributed by atoms with E-state index in [1.807, 2.05) is 13.8 Å². The molecule has 5 heteroatoms. The number of carbonyl (C=O) groups is 1. The van der Waals surface area contributed by atoms with E-state index in [1.165, 1.54) is 0 Å². The van der Waals surface area contributed by atoms with E-state index < -0.39 is 6.04 Å². The average molecular weight is 234 g/mol. The molecule has 1 heterocycles. The summed E-state index contributed by atoms with van der Waals surface area (Å²) in [5.74, 6) is -0.213. The molecule has 0 aliphatic carbocycles. The molecule has 0 aliphatic rings. The molecule has 1 amide bonds. The first-order valence-corrected chi connectivity index (χ1v) is 5.85. The zero-order chi connectivity index (χ0) is 12.8. The van der Waals surface area contributed by atoms with Gasteiger partial charge in [0, 0.05) is 13.2 Å². The third kappa shape index (κ3) is 3.31. The van der Waals surface area contributed by atoms with Crippen molar-refractivity contribution in [2.75, 3.05) is 0 Å². The number of rotatable bonds is 5. The van der Waals surface area contributed by atoms with Crippen molar-refractivity contribution >= 4 is 5.91 Å². The fourth-order valence-electron chi connectivity index (χ4n) is 1.68. The first kappa shape index (κ1) is 13.2. The monoisotopic (exact) mass is 234 g/mol. The molecule has 1 rings (SSSR count). The summed E-state index contributed by atoms with van der Waals surface area (Å²) in [5, 5.41) is 15.8. The Bertz CT molecular complexity index is 430. The molecule has 17 heavy (non-hydrogen) atoms. The number of amides is 1. The molecule has 1 atom stereocenters. The maximum Gasteiger partial charge on any atom is 0.255 e. The molecule has 92 valence electrons. The number of nitriles is 1. The molecule has 0 saturated heterocycles. The van der Waals surface area contributed by atoms with Crippen LogP contribution in [0.15, 0.2) is 6.20 Å². The molecule has 1 unspecified atom stereocenters. The lowest BCUT2D eigenvalue weighted by molar-refractivity contribution is 0.0943. The Morgan fingerprint density at radius 2 is 2.35 bits per heavy atom. The van der Waals surface area contributed by atoms with E-state index in [0.29, 0.717) is 18.4 Å². The van der Waals surface area contributed by atoms with Crippen molar-refractivity contribution < 1.29 is 4.79 Å². The molecule has 1 N–H and O–H groups in total. The fourth-order valence-corrected chi connectivity index (χ4v) is 1.68. The molecule has 0 aliphatic heterocycles. The topological polar surface area (TPSA) is 70.7 Å². The van der Waals surface area contributed by atoms with Crippen LogP contribution in [-0.2, 0) is 13.5 Å². The molecule has 1 aromatic rings. The van der Waals surface area contributed by atoms with Gasteiger partial charge in [-0.15, -0.1) is 0 Å². The van der Waals surface area contributed by atoms with Crippen molar-refractivity contribution in [2.24, 2.45) is 7.05 Å². The van der Waals surface area contributed by atoms with E-state index in [-0.39, 0.29) is 5.91 Å². The van der Waals surface area contributed by atoms with Gasteiger partial charge in [0.25, 0.3) is 5.91 Å². The Hall–Kier alpha value is -1.83. The highest BCUT2D eigenvalue weighted by molar-refractivity contribution is 5.95. The molecule has 0 radical (unpaired) electrons. The minimum atomic E-state index is -0.419. The van der Waals surface area contributed by atoms with Gasteiger partial charge in [0.1, 0.15) is 6.04 Å². The second-order valence-corrected chi connectivity index (χ2v) is 3.96. The van der Waals surface area contributed by atoms with Crippen LogP contribution in [0.3, 0.4) is 0 Å². The van der Waals surface area contributed by atoms with Gasteiger partial charge in [-0.2, -0.15) is 10.4 Å². The minimum absolute atomic E-state index is 0.213. The van der Waals surface area contributed by atoms with Gasteiger partial charge in [-0.05, 0) is 12.8 Å². The minimum Gasteiger partial charge on any atom is -0.336 e. The maximum absolute atomic E-state index is 12.0. The first-order valence-electron chi connectivity index (χ1n) is 5.85. The van der Waals surface area contributed by atoms with Gasteiger partial charge in [-0.25, -0.2) is 0 Å². The van der Waals surface area contributed by atoms with Crippen LogP contribution in [0.4, 0.5) is 0 Å². The van der Waals surface area contributed by atoms with Crippen molar-refractivity contribution in [1.82, 2.24) is 15.1 Å². The number of aromatic nitrogens is 2. The molecule has 0 aromatic carbocycles. The van der Waals surface area contributed by atoms with E-state index in [0.717, 1.165) is 12.1 Å². The number of carbonyl (C=O) groups excluding carboxylic acids is 1. The molecule has 1 aromatic heterocycles. The van der Waals surface area contributed by atoms with E-state index in [4.69, 9.17) is 5.26 Å². The Morgan fingerprint density at radius 1 is 1.65 bits per heavy atom. The van der Waals surface area contributed by atoms with Gasteiger partial charge >= 0.3 is 0 Å². The summed E-state index contributed by atoms with van der Waals surface area (Å²) in [6.45, 7) is 3.94. The molecule has 0 saturated carbocycles. The Morgan fingerprint density at radius 3 is 2.88 bits per heavy atom. The van der Waals surface area contributed by atoms with Crippen LogP contribution in [0.2, 0.25) is 0 Å². The highest BCUT2D eigenvalue weighted by atomic mass is 16.1. The normalized spacial score (nSPS) is 11.9. The largest absolute Gasteiger partial charge is 0.336 e. The Labute approximate surface area is 101 Å². The van der Waals surface area contributed by atoms with Crippen molar-refractivity contribution in [3.05, 3.63) is 17.5 Å². The van der Waals surface area contributed by atoms with Crippen molar-refractivity contribution in [3.8, 4) is 6.07 Å². The fraction of sp³-hybridized carbons (Fsp3) is 0.583. The van der Waals surface area contributed by atoms with Crippen LogP contribution >= 0.6 is 0 Å². The third-order valence-corrected chi connectivity index (χ3v) is 2.52. The van der Waals surface area contributed by atoms with Crippen LogP contribution in [-0.4, -0.2) is 21.7 Å². The second-order valence-electron chi connectivity index (χ2n) is 3.96. The van der Waals surface area contributed by atoms with E-state index in [9.17, 15) is 4.79 Å². The molecular formula is C12H18N4O. The number of hydrogen-bond donors (Lipinski definition) is 1. The van der Waals surface area contributed by atoms with E-state index in [1.54, 1.807) is 17.9 Å². The van der Waals surface area contributed by atoms with Crippen LogP contribution < -0.4 is 5.32 Å². The average Bonchev–Trinajstić information content (AvgIpc) is 2.69. The van der Waals surface area contributed by atoms with E-state index in [2.05, 4.69) is 16.5 Å². The Kier molecular flexibility index (Phi) is 4.70. The summed E-state index contributed by atoms with van der Waals surface area (Å²) in [6.07, 6.45) is 3.93. The van der Waals surface area contributed by atoms with Gasteiger partial charge in [0.15, 0.2) is 0 Å². The van der Waals surface area contributed by atoms with Gasteiger partial charge < -0.3 is 5.32 Å². The smallest absolute Gasteiger partial charge is 0.255 e. The first-order chi connectivity index (χ1) is 8.12. The summed E-state index contributed by atoms with van der Waals surface area (Å²) in [5.41, 5.74) is 1.32. The van der Waals surface area contributed by atoms with Crippen LogP contribution in [0.1, 0.15) is 42.7 Å². The van der Waals surface area contributed by atoms with E-state index >= 15 is 0 Å². The molecule has 5 nitrogen and oxygen atoms in total. The zero-order valence-electron chi connectivity index (χ0n) is 10.5. The summed E-state index contributed by atoms with van der Waals surface area (Å²) in [4.78, 5) is 12.0. The van der Waals surface area contributed by atoms with Gasteiger partial charge in [0.2, 0.25) is 0 Å². The molecule has 0 bridgehead atoms. The molecular weight excluding hydrogens is 216 g/mol. The SMILES string of the molecule is CCCC(C#N)NC(=O)c1cn(C)nc1CC. The van der Waals surface area contributed by atoms with Gasteiger partial charge in [0.05, 0.1) is 17.3 Å². The number of hydrogen-bond acceptors (Lipinski definition) is 3. The van der Waals surface area contributed by atoms with Gasteiger partial charge in [-0.3, -0.25) is 9.48 Å². The standard InChI is InChI=1S/C12H18N4O/c1-4-6-9(7-13)14-12(17)10-8-16(3)15-11(10)5-2/h8-9H,4-6H2,1-3H3,(H,14,17). The summed E-state index contributed by atoms with van der Waals surface area (Å²) in [6, 6.07) is 1.67. The van der Waals surface area contributed by atoms with Crippen LogP contribution in [0.25, 0.3) is 0 Å². The second kappa shape index (κ2) is 6.04. The van der Waals surface area contributed by atoms with Crippen molar-refractivity contribution in [3.63, 3.8) is 0 Å².